The largest absolute Gasteiger partial charge is 0.315 e. The minimum atomic E-state index is 0.938. The zero-order valence-corrected chi connectivity index (χ0v) is 11.9. The molecule has 0 aliphatic heterocycles. The van der Waals surface area contributed by atoms with Crippen LogP contribution in [0.2, 0.25) is 0 Å². The number of thiophene rings is 1. The molecule has 5 heteroatoms. The van der Waals surface area contributed by atoms with E-state index in [1.807, 2.05) is 22.2 Å². The van der Waals surface area contributed by atoms with Crippen molar-refractivity contribution in [3.8, 4) is 0 Å². The quantitative estimate of drug-likeness (QED) is 0.642. The molecule has 2 heterocycles. The molecule has 0 bridgehead atoms. The molecular weight excluding hydrogens is 333 g/mol. The number of hydrogen-bond acceptors (Lipinski definition) is 3. The third-order valence-electron chi connectivity index (χ3n) is 2.25. The SMILES string of the molecule is Ic1cnn(CCNCCc2cccs2)c1. The van der Waals surface area contributed by atoms with Gasteiger partial charge in [0.1, 0.15) is 0 Å². The van der Waals surface area contributed by atoms with E-state index in [-0.39, 0.29) is 0 Å². The van der Waals surface area contributed by atoms with Gasteiger partial charge in [-0.1, -0.05) is 6.07 Å². The van der Waals surface area contributed by atoms with Crippen molar-refractivity contribution in [3.63, 3.8) is 0 Å². The van der Waals surface area contributed by atoms with E-state index in [4.69, 9.17) is 0 Å². The molecule has 16 heavy (non-hydrogen) atoms. The van der Waals surface area contributed by atoms with E-state index >= 15 is 0 Å². The summed E-state index contributed by atoms with van der Waals surface area (Å²) in [4.78, 5) is 1.45. The number of halogens is 1. The van der Waals surface area contributed by atoms with Crippen LogP contribution in [0.5, 0.6) is 0 Å². The molecule has 2 rings (SSSR count). The predicted octanol–water partition coefficient (Wildman–Crippen LogP) is 2.38. The van der Waals surface area contributed by atoms with Crippen molar-refractivity contribution in [2.45, 2.75) is 13.0 Å². The Morgan fingerprint density at radius 2 is 2.38 bits per heavy atom. The Bertz CT molecular complexity index is 411. The van der Waals surface area contributed by atoms with Crippen molar-refractivity contribution in [3.05, 3.63) is 38.4 Å². The summed E-state index contributed by atoms with van der Waals surface area (Å²) in [6, 6.07) is 4.29. The van der Waals surface area contributed by atoms with E-state index in [2.05, 4.69) is 56.7 Å². The second-order valence-electron chi connectivity index (χ2n) is 3.50. The normalized spacial score (nSPS) is 10.8. The molecule has 1 N–H and O–H groups in total. The molecule has 0 atom stereocenters. The molecule has 0 aromatic carbocycles. The highest BCUT2D eigenvalue weighted by atomic mass is 127. The fourth-order valence-corrected chi connectivity index (χ4v) is 2.60. The van der Waals surface area contributed by atoms with Crippen molar-refractivity contribution in [1.82, 2.24) is 15.1 Å². The van der Waals surface area contributed by atoms with Crippen LogP contribution in [0, 0.1) is 3.57 Å². The summed E-state index contributed by atoms with van der Waals surface area (Å²) in [5, 5.41) is 9.79. The second-order valence-corrected chi connectivity index (χ2v) is 5.78. The molecule has 0 spiro atoms. The fraction of sp³-hybridized carbons (Fsp3) is 0.364. The Hall–Kier alpha value is -0.400. The van der Waals surface area contributed by atoms with Gasteiger partial charge in [0.25, 0.3) is 0 Å². The van der Waals surface area contributed by atoms with Crippen molar-refractivity contribution >= 4 is 33.9 Å². The number of hydrogen-bond donors (Lipinski definition) is 1. The monoisotopic (exact) mass is 347 g/mol. The van der Waals surface area contributed by atoms with Crippen LogP contribution >= 0.6 is 33.9 Å². The summed E-state index contributed by atoms with van der Waals surface area (Å²) in [6.07, 6.45) is 5.06. The molecule has 0 saturated heterocycles. The summed E-state index contributed by atoms with van der Waals surface area (Å²) in [6.45, 7) is 2.95. The van der Waals surface area contributed by atoms with Crippen molar-refractivity contribution in [2.75, 3.05) is 13.1 Å². The summed E-state index contributed by atoms with van der Waals surface area (Å²) >= 11 is 4.10. The summed E-state index contributed by atoms with van der Waals surface area (Å²) in [5.41, 5.74) is 0. The highest BCUT2D eigenvalue weighted by Crippen LogP contribution is 2.07. The molecule has 0 saturated carbocycles. The molecule has 0 radical (unpaired) electrons. The molecule has 0 fully saturated rings. The Morgan fingerprint density at radius 1 is 1.44 bits per heavy atom. The average Bonchev–Trinajstić information content (AvgIpc) is 2.89. The molecule has 2 aromatic heterocycles. The maximum Gasteiger partial charge on any atom is 0.0623 e. The number of nitrogens with one attached hydrogen (secondary N) is 1. The van der Waals surface area contributed by atoms with Gasteiger partial charge in [-0.3, -0.25) is 4.68 Å². The maximum atomic E-state index is 4.23. The minimum absolute atomic E-state index is 0.938. The van der Waals surface area contributed by atoms with Gasteiger partial charge < -0.3 is 5.32 Å². The second kappa shape index (κ2) is 6.36. The van der Waals surface area contributed by atoms with E-state index in [0.717, 1.165) is 26.1 Å². The molecule has 0 amide bonds. The number of aromatic nitrogens is 2. The van der Waals surface area contributed by atoms with E-state index in [1.54, 1.807) is 0 Å². The predicted molar refractivity (Wildman–Crippen MR) is 75.8 cm³/mol. The van der Waals surface area contributed by atoms with Crippen molar-refractivity contribution in [1.29, 1.82) is 0 Å². The van der Waals surface area contributed by atoms with E-state index in [9.17, 15) is 0 Å². The van der Waals surface area contributed by atoms with Crippen molar-refractivity contribution in [2.24, 2.45) is 0 Å². The lowest BCUT2D eigenvalue weighted by molar-refractivity contribution is 0.557. The van der Waals surface area contributed by atoms with Crippen LogP contribution in [-0.2, 0) is 13.0 Å². The van der Waals surface area contributed by atoms with Gasteiger partial charge in [0, 0.05) is 24.2 Å². The first-order valence-corrected chi connectivity index (χ1v) is 7.21. The number of rotatable bonds is 6. The molecule has 0 aliphatic carbocycles. The van der Waals surface area contributed by atoms with Crippen LogP contribution in [0.3, 0.4) is 0 Å². The molecule has 86 valence electrons. The summed E-state index contributed by atoms with van der Waals surface area (Å²) in [7, 11) is 0. The summed E-state index contributed by atoms with van der Waals surface area (Å²) < 4.78 is 3.16. The third-order valence-corrected chi connectivity index (χ3v) is 3.74. The molecule has 0 unspecified atom stereocenters. The van der Waals surface area contributed by atoms with Gasteiger partial charge in [0.2, 0.25) is 0 Å². The zero-order valence-electron chi connectivity index (χ0n) is 8.90. The highest BCUT2D eigenvalue weighted by molar-refractivity contribution is 14.1. The van der Waals surface area contributed by atoms with Crippen LogP contribution in [0.1, 0.15) is 4.88 Å². The highest BCUT2D eigenvalue weighted by Gasteiger charge is 1.95. The van der Waals surface area contributed by atoms with Gasteiger partial charge in [-0.25, -0.2) is 0 Å². The lowest BCUT2D eigenvalue weighted by Gasteiger charge is -2.03. The van der Waals surface area contributed by atoms with Gasteiger partial charge >= 0.3 is 0 Å². The van der Waals surface area contributed by atoms with Crippen molar-refractivity contribution < 1.29 is 0 Å². The first-order valence-electron chi connectivity index (χ1n) is 5.25. The van der Waals surface area contributed by atoms with Gasteiger partial charge in [0.05, 0.1) is 16.3 Å². The zero-order chi connectivity index (χ0) is 11.2. The minimum Gasteiger partial charge on any atom is -0.315 e. The Morgan fingerprint density at radius 3 is 3.06 bits per heavy atom. The Balaban J connectivity index is 1.59. The standard InChI is InChI=1S/C11H14IN3S/c12-10-8-14-15(9-10)6-5-13-4-3-11-2-1-7-16-11/h1-2,7-9,13H,3-6H2. The molecule has 0 aliphatic rings. The van der Waals surface area contributed by atoms with Gasteiger partial charge in [-0.15, -0.1) is 11.3 Å². The third kappa shape index (κ3) is 3.88. The van der Waals surface area contributed by atoms with Gasteiger partial charge in [0.15, 0.2) is 0 Å². The van der Waals surface area contributed by atoms with E-state index in [1.165, 1.54) is 8.45 Å². The van der Waals surface area contributed by atoms with E-state index < -0.39 is 0 Å². The topological polar surface area (TPSA) is 29.9 Å². The van der Waals surface area contributed by atoms with Crippen LogP contribution < -0.4 is 5.32 Å². The Kier molecular flexibility index (Phi) is 4.80. The van der Waals surface area contributed by atoms with Crippen LogP contribution in [0.4, 0.5) is 0 Å². The van der Waals surface area contributed by atoms with Gasteiger partial charge in [-0.05, 0) is 40.5 Å². The Labute approximate surface area is 113 Å². The lowest BCUT2D eigenvalue weighted by Crippen LogP contribution is -2.22. The fourth-order valence-electron chi connectivity index (χ4n) is 1.45. The van der Waals surface area contributed by atoms with Crippen LogP contribution in [-0.4, -0.2) is 22.9 Å². The maximum absolute atomic E-state index is 4.23. The lowest BCUT2D eigenvalue weighted by atomic mass is 10.3. The molecule has 3 nitrogen and oxygen atoms in total. The smallest absolute Gasteiger partial charge is 0.0623 e. The van der Waals surface area contributed by atoms with Crippen LogP contribution in [0.25, 0.3) is 0 Å². The van der Waals surface area contributed by atoms with E-state index in [0.29, 0.717) is 0 Å². The number of nitrogens with zero attached hydrogens (tertiary/aromatic N) is 2. The average molecular weight is 347 g/mol. The molecule has 2 aromatic rings. The van der Waals surface area contributed by atoms with Crippen LogP contribution in [0.15, 0.2) is 29.9 Å². The summed E-state index contributed by atoms with van der Waals surface area (Å²) in [5.74, 6) is 0. The van der Waals surface area contributed by atoms with Gasteiger partial charge in [-0.2, -0.15) is 5.10 Å². The first-order chi connectivity index (χ1) is 7.84. The first kappa shape index (κ1) is 12.1. The molecular formula is C11H14IN3S.